The Hall–Kier alpha value is -1.32. The second-order valence-electron chi connectivity index (χ2n) is 7.96. The highest BCUT2D eigenvalue weighted by molar-refractivity contribution is 5.88. The van der Waals surface area contributed by atoms with Gasteiger partial charge in [-0.25, -0.2) is 4.79 Å². The first kappa shape index (κ1) is 16.5. The van der Waals surface area contributed by atoms with Crippen LogP contribution < -0.4 is 0 Å². The quantitative estimate of drug-likeness (QED) is 0.632. The summed E-state index contributed by atoms with van der Waals surface area (Å²) in [6.45, 7) is 3.82. The zero-order valence-electron chi connectivity index (χ0n) is 14.2. The Labute approximate surface area is 138 Å². The summed E-state index contributed by atoms with van der Waals surface area (Å²) < 4.78 is 5.72. The van der Waals surface area contributed by atoms with Gasteiger partial charge in [0.25, 0.3) is 0 Å². The van der Waals surface area contributed by atoms with Crippen LogP contribution in [0.3, 0.4) is 0 Å². The number of rotatable bonds is 4. The first-order valence-corrected chi connectivity index (χ1v) is 9.06. The molecule has 3 fully saturated rings. The Morgan fingerprint density at radius 2 is 1.87 bits per heavy atom. The molecule has 3 rings (SSSR count). The van der Waals surface area contributed by atoms with Gasteiger partial charge in [-0.1, -0.05) is 13.0 Å². The predicted octanol–water partition coefficient (Wildman–Crippen LogP) is 3.80. The summed E-state index contributed by atoms with van der Waals surface area (Å²) >= 11 is 0. The number of ether oxygens (including phenoxy) is 1. The number of allylic oxidation sites excluding steroid dienone is 1. The third-order valence-corrected chi connectivity index (χ3v) is 6.29. The van der Waals surface area contributed by atoms with E-state index in [-0.39, 0.29) is 29.8 Å². The summed E-state index contributed by atoms with van der Waals surface area (Å²) in [5.74, 6) is 0.533. The molecule has 23 heavy (non-hydrogen) atoms. The summed E-state index contributed by atoms with van der Waals surface area (Å²) in [5.41, 5.74) is 0.650. The molecule has 3 aliphatic rings. The van der Waals surface area contributed by atoms with Crippen LogP contribution in [0.1, 0.15) is 58.8 Å². The standard InChI is InChI=1S/C19H28O4/c1-11-3-4-13(9-16(11)18(20)21)7-12(2)19(22)23-17-10-14-5-6-15(17)8-14/h7,11,13-17H,3-6,8-10H2,1-2H3,(H,20,21). The zero-order chi connectivity index (χ0) is 16.6. The Balaban J connectivity index is 1.56. The number of fused-ring (bicyclic) bond motifs is 2. The summed E-state index contributed by atoms with van der Waals surface area (Å²) in [7, 11) is 0. The molecule has 3 saturated carbocycles. The minimum atomic E-state index is -0.710. The molecule has 0 radical (unpaired) electrons. The first-order valence-electron chi connectivity index (χ1n) is 9.06. The average Bonchev–Trinajstić information content (AvgIpc) is 3.11. The third kappa shape index (κ3) is 3.61. The van der Waals surface area contributed by atoms with Crippen LogP contribution in [-0.4, -0.2) is 23.1 Å². The van der Waals surface area contributed by atoms with Crippen molar-refractivity contribution in [1.82, 2.24) is 0 Å². The molecular formula is C19H28O4. The fourth-order valence-corrected chi connectivity index (χ4v) is 4.83. The van der Waals surface area contributed by atoms with E-state index in [0.717, 1.165) is 25.2 Å². The Morgan fingerprint density at radius 1 is 1.09 bits per heavy atom. The lowest BCUT2D eigenvalue weighted by Crippen LogP contribution is -2.29. The maximum absolute atomic E-state index is 12.3. The van der Waals surface area contributed by atoms with E-state index in [4.69, 9.17) is 4.74 Å². The molecule has 4 heteroatoms. The number of aliphatic carboxylic acids is 1. The first-order chi connectivity index (χ1) is 10.9. The van der Waals surface area contributed by atoms with Gasteiger partial charge < -0.3 is 9.84 Å². The maximum Gasteiger partial charge on any atom is 0.333 e. The number of carbonyl (C=O) groups is 2. The average molecular weight is 320 g/mol. The van der Waals surface area contributed by atoms with Crippen molar-refractivity contribution in [2.24, 2.45) is 29.6 Å². The minimum absolute atomic E-state index is 0.114. The molecule has 0 aliphatic heterocycles. The fraction of sp³-hybridized carbons (Fsp3) is 0.789. The van der Waals surface area contributed by atoms with Crippen molar-refractivity contribution in [1.29, 1.82) is 0 Å². The van der Waals surface area contributed by atoms with Crippen molar-refractivity contribution in [3.63, 3.8) is 0 Å². The van der Waals surface area contributed by atoms with Gasteiger partial charge in [0.15, 0.2) is 0 Å². The van der Waals surface area contributed by atoms with Crippen LogP contribution in [0.5, 0.6) is 0 Å². The lowest BCUT2D eigenvalue weighted by molar-refractivity contribution is -0.146. The minimum Gasteiger partial charge on any atom is -0.481 e. The van der Waals surface area contributed by atoms with Crippen molar-refractivity contribution in [3.05, 3.63) is 11.6 Å². The second-order valence-corrected chi connectivity index (χ2v) is 7.96. The van der Waals surface area contributed by atoms with E-state index in [1.807, 2.05) is 19.9 Å². The van der Waals surface area contributed by atoms with E-state index in [9.17, 15) is 14.7 Å². The van der Waals surface area contributed by atoms with Crippen molar-refractivity contribution in [3.8, 4) is 0 Å². The molecule has 128 valence electrons. The van der Waals surface area contributed by atoms with Crippen molar-refractivity contribution in [2.45, 2.75) is 64.9 Å². The largest absolute Gasteiger partial charge is 0.481 e. The summed E-state index contributed by atoms with van der Waals surface area (Å²) in [6, 6.07) is 0. The highest BCUT2D eigenvalue weighted by Crippen LogP contribution is 2.46. The monoisotopic (exact) mass is 320 g/mol. The highest BCUT2D eigenvalue weighted by atomic mass is 16.5. The van der Waals surface area contributed by atoms with E-state index in [0.29, 0.717) is 17.9 Å². The Bertz CT molecular complexity index is 509. The summed E-state index contributed by atoms with van der Waals surface area (Å²) in [4.78, 5) is 23.6. The van der Waals surface area contributed by atoms with Gasteiger partial charge in [-0.05, 0) is 75.5 Å². The lowest BCUT2D eigenvalue weighted by atomic mass is 9.74. The molecule has 4 nitrogen and oxygen atoms in total. The maximum atomic E-state index is 12.3. The van der Waals surface area contributed by atoms with Gasteiger partial charge in [0, 0.05) is 5.57 Å². The van der Waals surface area contributed by atoms with Crippen LogP contribution in [0.15, 0.2) is 11.6 Å². The van der Waals surface area contributed by atoms with Gasteiger partial charge >= 0.3 is 11.9 Å². The number of carboxylic acid groups (broad SMARTS) is 1. The zero-order valence-corrected chi connectivity index (χ0v) is 14.2. The van der Waals surface area contributed by atoms with Crippen molar-refractivity contribution < 1.29 is 19.4 Å². The SMILES string of the molecule is CC(=CC1CCC(C)C(C(=O)O)C1)C(=O)OC1CC2CCC1C2. The van der Waals surface area contributed by atoms with Crippen LogP contribution in [-0.2, 0) is 14.3 Å². The molecule has 1 N–H and O–H groups in total. The Kier molecular flexibility index (Phi) is 4.79. The molecule has 0 aromatic heterocycles. The van der Waals surface area contributed by atoms with Crippen molar-refractivity contribution in [2.75, 3.05) is 0 Å². The number of carboxylic acids is 1. The molecule has 0 heterocycles. The van der Waals surface area contributed by atoms with Crippen LogP contribution >= 0.6 is 0 Å². The molecule has 6 atom stereocenters. The Morgan fingerprint density at radius 3 is 2.48 bits per heavy atom. The number of hydrogen-bond donors (Lipinski definition) is 1. The smallest absolute Gasteiger partial charge is 0.333 e. The topological polar surface area (TPSA) is 63.6 Å². The molecule has 0 amide bonds. The molecule has 2 bridgehead atoms. The van der Waals surface area contributed by atoms with Gasteiger partial charge in [0.1, 0.15) is 6.10 Å². The van der Waals surface area contributed by atoms with E-state index in [2.05, 4.69) is 0 Å². The van der Waals surface area contributed by atoms with Crippen molar-refractivity contribution >= 4 is 11.9 Å². The number of hydrogen-bond acceptors (Lipinski definition) is 3. The van der Waals surface area contributed by atoms with E-state index in [1.54, 1.807) is 0 Å². The van der Waals surface area contributed by atoms with Gasteiger partial charge in [0.2, 0.25) is 0 Å². The van der Waals surface area contributed by atoms with Gasteiger partial charge in [-0.15, -0.1) is 0 Å². The molecule has 0 aromatic rings. The van der Waals surface area contributed by atoms with E-state index < -0.39 is 5.97 Å². The highest BCUT2D eigenvalue weighted by Gasteiger charge is 2.41. The van der Waals surface area contributed by atoms with Crippen LogP contribution in [0.4, 0.5) is 0 Å². The number of carbonyl (C=O) groups excluding carboxylic acids is 1. The van der Waals surface area contributed by atoms with Gasteiger partial charge in [0.05, 0.1) is 5.92 Å². The van der Waals surface area contributed by atoms with Crippen LogP contribution in [0.25, 0.3) is 0 Å². The lowest BCUT2D eigenvalue weighted by Gasteiger charge is -2.30. The predicted molar refractivity (Wildman–Crippen MR) is 86.7 cm³/mol. The molecule has 0 spiro atoms. The molecule has 6 unspecified atom stereocenters. The van der Waals surface area contributed by atoms with Gasteiger partial charge in [-0.2, -0.15) is 0 Å². The summed E-state index contributed by atoms with van der Waals surface area (Å²) in [5, 5.41) is 9.31. The molecule has 3 aliphatic carbocycles. The van der Waals surface area contributed by atoms with Crippen LogP contribution in [0.2, 0.25) is 0 Å². The van der Waals surface area contributed by atoms with E-state index in [1.165, 1.54) is 19.3 Å². The molecule has 0 aromatic carbocycles. The normalized spacial score (nSPS) is 40.2. The fourth-order valence-electron chi connectivity index (χ4n) is 4.83. The number of esters is 1. The molecule has 0 saturated heterocycles. The summed E-state index contributed by atoms with van der Waals surface area (Å²) in [6.07, 6.45) is 9.33. The van der Waals surface area contributed by atoms with Gasteiger partial charge in [-0.3, -0.25) is 4.79 Å². The van der Waals surface area contributed by atoms with E-state index >= 15 is 0 Å². The second kappa shape index (κ2) is 6.66. The van der Waals surface area contributed by atoms with Crippen LogP contribution in [0, 0.1) is 29.6 Å². The molecular weight excluding hydrogens is 292 g/mol. The third-order valence-electron chi connectivity index (χ3n) is 6.29.